The molecule has 0 aromatic heterocycles. The van der Waals surface area contributed by atoms with Crippen LogP contribution in [0.3, 0.4) is 0 Å². The summed E-state index contributed by atoms with van der Waals surface area (Å²) in [6.45, 7) is 3.80. The van der Waals surface area contributed by atoms with Crippen LogP contribution in [0.5, 0.6) is 0 Å². The highest BCUT2D eigenvalue weighted by molar-refractivity contribution is 5.33. The highest BCUT2D eigenvalue weighted by Crippen LogP contribution is 2.21. The minimum Gasteiger partial charge on any atom is -0.330 e. The SMILES string of the molecule is Cc1cc(F)c(C)c(CCCCN)c1F. The third kappa shape index (κ3) is 2.75. The van der Waals surface area contributed by atoms with E-state index in [0.717, 1.165) is 12.8 Å². The molecule has 1 aromatic rings. The van der Waals surface area contributed by atoms with E-state index in [2.05, 4.69) is 0 Å². The quantitative estimate of drug-likeness (QED) is 0.765. The molecule has 0 unspecified atom stereocenters. The third-order valence-electron chi connectivity index (χ3n) is 2.65. The lowest BCUT2D eigenvalue weighted by molar-refractivity contribution is 0.563. The summed E-state index contributed by atoms with van der Waals surface area (Å²) >= 11 is 0. The van der Waals surface area contributed by atoms with Gasteiger partial charge < -0.3 is 5.73 Å². The average Bonchev–Trinajstić information content (AvgIpc) is 2.20. The van der Waals surface area contributed by atoms with E-state index < -0.39 is 0 Å². The number of nitrogens with two attached hydrogens (primary N) is 1. The van der Waals surface area contributed by atoms with Crippen molar-refractivity contribution in [2.75, 3.05) is 6.54 Å². The minimum absolute atomic E-state index is 0.272. The second-order valence-corrected chi connectivity index (χ2v) is 3.84. The van der Waals surface area contributed by atoms with Crippen molar-refractivity contribution in [1.82, 2.24) is 0 Å². The number of halogens is 2. The molecule has 15 heavy (non-hydrogen) atoms. The van der Waals surface area contributed by atoms with Crippen LogP contribution < -0.4 is 5.73 Å². The molecule has 1 nitrogen and oxygen atoms in total. The Morgan fingerprint density at radius 2 is 1.87 bits per heavy atom. The van der Waals surface area contributed by atoms with E-state index in [-0.39, 0.29) is 11.6 Å². The van der Waals surface area contributed by atoms with Gasteiger partial charge in [0.05, 0.1) is 0 Å². The lowest BCUT2D eigenvalue weighted by atomic mass is 9.99. The Morgan fingerprint density at radius 3 is 2.47 bits per heavy atom. The van der Waals surface area contributed by atoms with Gasteiger partial charge in [-0.05, 0) is 62.4 Å². The number of aryl methyl sites for hydroxylation is 1. The van der Waals surface area contributed by atoms with Gasteiger partial charge in [0.15, 0.2) is 0 Å². The molecule has 0 heterocycles. The van der Waals surface area contributed by atoms with Gasteiger partial charge in [-0.3, -0.25) is 0 Å². The molecule has 0 fully saturated rings. The van der Waals surface area contributed by atoms with Gasteiger partial charge in [-0.1, -0.05) is 0 Å². The Morgan fingerprint density at radius 1 is 1.20 bits per heavy atom. The van der Waals surface area contributed by atoms with Gasteiger partial charge >= 0.3 is 0 Å². The maximum Gasteiger partial charge on any atom is 0.129 e. The molecule has 84 valence electrons. The van der Waals surface area contributed by atoms with Crippen LogP contribution in [0.4, 0.5) is 8.78 Å². The minimum atomic E-state index is -0.323. The van der Waals surface area contributed by atoms with Crippen molar-refractivity contribution in [3.63, 3.8) is 0 Å². The number of benzene rings is 1. The number of unbranched alkanes of at least 4 members (excludes halogenated alkanes) is 1. The Labute approximate surface area is 89.3 Å². The van der Waals surface area contributed by atoms with E-state index in [4.69, 9.17) is 5.73 Å². The number of rotatable bonds is 4. The monoisotopic (exact) mass is 213 g/mol. The van der Waals surface area contributed by atoms with Crippen molar-refractivity contribution in [3.8, 4) is 0 Å². The standard InChI is InChI=1S/C12H17F2N/c1-8-7-11(13)9(2)10(12(8)14)5-3-4-6-15/h7H,3-6,15H2,1-2H3. The first-order valence-electron chi connectivity index (χ1n) is 5.22. The lowest BCUT2D eigenvalue weighted by Crippen LogP contribution is -2.03. The maximum absolute atomic E-state index is 13.7. The topological polar surface area (TPSA) is 26.0 Å². The van der Waals surface area contributed by atoms with Crippen LogP contribution >= 0.6 is 0 Å². The summed E-state index contributed by atoms with van der Waals surface area (Å²) < 4.78 is 27.0. The zero-order valence-electron chi connectivity index (χ0n) is 9.24. The molecular weight excluding hydrogens is 196 g/mol. The van der Waals surface area contributed by atoms with Crippen molar-refractivity contribution in [3.05, 3.63) is 34.4 Å². The summed E-state index contributed by atoms with van der Waals surface area (Å²) in [6, 6.07) is 1.25. The molecule has 0 saturated carbocycles. The smallest absolute Gasteiger partial charge is 0.129 e. The summed E-state index contributed by atoms with van der Waals surface area (Å²) in [5.74, 6) is -0.595. The molecule has 2 N–H and O–H groups in total. The molecular formula is C12H17F2N. The number of hydrogen-bond acceptors (Lipinski definition) is 1. The van der Waals surface area contributed by atoms with E-state index in [1.165, 1.54) is 6.07 Å². The molecule has 0 aliphatic rings. The summed E-state index contributed by atoms with van der Waals surface area (Å²) in [5, 5.41) is 0. The van der Waals surface area contributed by atoms with E-state index >= 15 is 0 Å². The van der Waals surface area contributed by atoms with Gasteiger partial charge in [-0.15, -0.1) is 0 Å². The Bertz CT molecular complexity index is 322. The molecule has 0 saturated heterocycles. The highest BCUT2D eigenvalue weighted by atomic mass is 19.1. The molecule has 0 amide bonds. The highest BCUT2D eigenvalue weighted by Gasteiger charge is 2.12. The zero-order chi connectivity index (χ0) is 11.4. The summed E-state index contributed by atoms with van der Waals surface area (Å²) in [5.41, 5.74) is 6.66. The van der Waals surface area contributed by atoms with Crippen LogP contribution in [-0.4, -0.2) is 6.54 Å². The fourth-order valence-corrected chi connectivity index (χ4v) is 1.65. The fraction of sp³-hybridized carbons (Fsp3) is 0.500. The van der Waals surface area contributed by atoms with E-state index in [1.807, 2.05) is 0 Å². The second kappa shape index (κ2) is 5.21. The van der Waals surface area contributed by atoms with Crippen LogP contribution in [0, 0.1) is 25.5 Å². The fourth-order valence-electron chi connectivity index (χ4n) is 1.65. The Kier molecular flexibility index (Phi) is 4.21. The van der Waals surface area contributed by atoms with Crippen molar-refractivity contribution < 1.29 is 8.78 Å². The van der Waals surface area contributed by atoms with Gasteiger partial charge in [-0.25, -0.2) is 8.78 Å². The van der Waals surface area contributed by atoms with Gasteiger partial charge in [0, 0.05) is 0 Å². The lowest BCUT2D eigenvalue weighted by Gasteiger charge is -2.10. The molecule has 1 aromatic carbocycles. The summed E-state index contributed by atoms with van der Waals surface area (Å²) in [7, 11) is 0. The molecule has 0 aliphatic carbocycles. The molecule has 0 atom stereocenters. The normalized spacial score (nSPS) is 10.7. The van der Waals surface area contributed by atoms with Gasteiger partial charge in [-0.2, -0.15) is 0 Å². The average molecular weight is 213 g/mol. The van der Waals surface area contributed by atoms with Crippen LogP contribution in [0.15, 0.2) is 6.07 Å². The molecule has 0 radical (unpaired) electrons. The molecule has 1 rings (SSSR count). The largest absolute Gasteiger partial charge is 0.330 e. The van der Waals surface area contributed by atoms with Gasteiger partial charge in [0.2, 0.25) is 0 Å². The molecule has 3 heteroatoms. The van der Waals surface area contributed by atoms with Crippen LogP contribution in [0.1, 0.15) is 29.5 Å². The maximum atomic E-state index is 13.7. The van der Waals surface area contributed by atoms with Crippen molar-refractivity contribution in [2.45, 2.75) is 33.1 Å². The molecule has 0 bridgehead atoms. The first-order valence-corrected chi connectivity index (χ1v) is 5.22. The van der Waals surface area contributed by atoms with E-state index in [1.54, 1.807) is 13.8 Å². The van der Waals surface area contributed by atoms with Gasteiger partial charge in [0.1, 0.15) is 11.6 Å². The van der Waals surface area contributed by atoms with Crippen LogP contribution in [-0.2, 0) is 6.42 Å². The summed E-state index contributed by atoms with van der Waals surface area (Å²) in [6.07, 6.45) is 2.21. The molecule has 0 aliphatic heterocycles. The first-order chi connectivity index (χ1) is 7.07. The first kappa shape index (κ1) is 12.1. The zero-order valence-corrected chi connectivity index (χ0v) is 9.24. The van der Waals surface area contributed by atoms with Crippen LogP contribution in [0.2, 0.25) is 0 Å². The second-order valence-electron chi connectivity index (χ2n) is 3.84. The Hall–Kier alpha value is -0.960. The predicted octanol–water partition coefficient (Wildman–Crippen LogP) is 2.86. The predicted molar refractivity (Wildman–Crippen MR) is 57.8 cm³/mol. The molecule has 0 spiro atoms. The van der Waals surface area contributed by atoms with Crippen molar-refractivity contribution >= 4 is 0 Å². The van der Waals surface area contributed by atoms with E-state index in [0.29, 0.717) is 29.7 Å². The summed E-state index contributed by atoms with van der Waals surface area (Å²) in [4.78, 5) is 0. The third-order valence-corrected chi connectivity index (χ3v) is 2.65. The Balaban J connectivity index is 2.94. The van der Waals surface area contributed by atoms with Gasteiger partial charge in [0.25, 0.3) is 0 Å². The van der Waals surface area contributed by atoms with E-state index in [9.17, 15) is 8.78 Å². The number of hydrogen-bond donors (Lipinski definition) is 1. The van der Waals surface area contributed by atoms with Crippen molar-refractivity contribution in [1.29, 1.82) is 0 Å². The van der Waals surface area contributed by atoms with Crippen molar-refractivity contribution in [2.24, 2.45) is 5.73 Å². The van der Waals surface area contributed by atoms with Crippen LogP contribution in [0.25, 0.3) is 0 Å².